The van der Waals surface area contributed by atoms with Crippen molar-refractivity contribution in [3.8, 4) is 0 Å². The van der Waals surface area contributed by atoms with Crippen molar-refractivity contribution in [3.05, 3.63) is 48.6 Å². The Balaban J connectivity index is 1.94. The summed E-state index contributed by atoms with van der Waals surface area (Å²) in [5.41, 5.74) is 0. The monoisotopic (exact) mass is 156 g/mol. The Labute approximate surface area is 73.0 Å². The van der Waals surface area contributed by atoms with Crippen LogP contribution in [0, 0.1) is 23.7 Å². The zero-order valence-electron chi connectivity index (χ0n) is 6.93. The van der Waals surface area contributed by atoms with Gasteiger partial charge in [0.25, 0.3) is 0 Å². The quantitative estimate of drug-likeness (QED) is 0.506. The summed E-state index contributed by atoms with van der Waals surface area (Å²) in [5.74, 6) is 3.17. The molecule has 0 atom stereocenters. The predicted octanol–water partition coefficient (Wildman–Crippen LogP) is 2.72. The van der Waals surface area contributed by atoms with E-state index in [0.29, 0.717) is 0 Å². The molecule has 3 aliphatic rings. The Morgan fingerprint density at radius 2 is 0.667 bits per heavy atom. The van der Waals surface area contributed by atoms with Crippen LogP contribution in [0.15, 0.2) is 48.6 Å². The van der Waals surface area contributed by atoms with E-state index < -0.39 is 0 Å². The fourth-order valence-corrected chi connectivity index (χ4v) is 2.68. The van der Waals surface area contributed by atoms with Gasteiger partial charge in [0, 0.05) is 0 Å². The molecule has 3 aliphatic carbocycles. The van der Waals surface area contributed by atoms with Crippen LogP contribution in [0.1, 0.15) is 0 Å². The van der Waals surface area contributed by atoms with Crippen molar-refractivity contribution < 1.29 is 0 Å². The van der Waals surface area contributed by atoms with Gasteiger partial charge in [-0.05, 0) is 23.7 Å². The maximum absolute atomic E-state index is 2.36. The smallest absolute Gasteiger partial charge is 0.00925 e. The lowest BCUT2D eigenvalue weighted by Crippen LogP contribution is -2.44. The maximum Gasteiger partial charge on any atom is -0.00925 e. The van der Waals surface area contributed by atoms with E-state index in [9.17, 15) is 0 Å². The highest BCUT2D eigenvalue weighted by molar-refractivity contribution is 5.31. The first-order chi connectivity index (χ1) is 5.97. The van der Waals surface area contributed by atoms with E-state index in [1.807, 2.05) is 0 Å². The van der Waals surface area contributed by atoms with Crippen molar-refractivity contribution in [1.82, 2.24) is 0 Å². The minimum absolute atomic E-state index is 0.793. The molecule has 1 saturated carbocycles. The molecule has 0 heterocycles. The van der Waals surface area contributed by atoms with Crippen LogP contribution in [0.2, 0.25) is 0 Å². The van der Waals surface area contributed by atoms with Gasteiger partial charge in [-0.25, -0.2) is 0 Å². The Morgan fingerprint density at radius 3 is 0.917 bits per heavy atom. The van der Waals surface area contributed by atoms with Crippen molar-refractivity contribution in [2.24, 2.45) is 23.7 Å². The number of allylic oxidation sites excluding steroid dienone is 8. The average molecular weight is 156 g/mol. The van der Waals surface area contributed by atoms with E-state index in [0.717, 1.165) is 23.7 Å². The van der Waals surface area contributed by atoms with Crippen molar-refractivity contribution >= 4 is 0 Å². The van der Waals surface area contributed by atoms with Crippen LogP contribution in [-0.2, 0) is 0 Å². The van der Waals surface area contributed by atoms with Gasteiger partial charge in [0.15, 0.2) is 0 Å². The lowest BCUT2D eigenvalue weighted by atomic mass is 9.54. The molecule has 0 saturated heterocycles. The third-order valence-corrected chi connectivity index (χ3v) is 3.33. The zero-order chi connectivity index (χ0) is 7.97. The van der Waals surface area contributed by atoms with E-state index in [4.69, 9.17) is 0 Å². The number of fused-ring (bicyclic) bond motifs is 4. The minimum Gasteiger partial charge on any atom is -0.0802 e. The second-order valence-electron chi connectivity index (χ2n) is 3.85. The van der Waals surface area contributed by atoms with Crippen molar-refractivity contribution in [3.63, 3.8) is 0 Å². The van der Waals surface area contributed by atoms with Gasteiger partial charge in [-0.2, -0.15) is 0 Å². The average Bonchev–Trinajstić information content (AvgIpc) is 2.14. The molecule has 0 spiro atoms. The van der Waals surface area contributed by atoms with Crippen LogP contribution in [0.4, 0.5) is 0 Å². The van der Waals surface area contributed by atoms with Gasteiger partial charge >= 0.3 is 0 Å². The Morgan fingerprint density at radius 1 is 0.417 bits per heavy atom. The van der Waals surface area contributed by atoms with Crippen molar-refractivity contribution in [1.29, 1.82) is 0 Å². The molecule has 0 heteroatoms. The molecule has 0 N–H and O–H groups in total. The van der Waals surface area contributed by atoms with Crippen molar-refractivity contribution in [2.75, 3.05) is 0 Å². The molecule has 0 aliphatic heterocycles. The third kappa shape index (κ3) is 0.677. The molecular formula is C12H12. The van der Waals surface area contributed by atoms with Gasteiger partial charge in [0.05, 0.1) is 0 Å². The first-order valence-corrected chi connectivity index (χ1v) is 4.67. The zero-order valence-corrected chi connectivity index (χ0v) is 6.93. The SMILES string of the molecule is C1=CC2C(C=C1)C1C=CC=CC21. The molecule has 0 aromatic carbocycles. The summed E-state index contributed by atoms with van der Waals surface area (Å²) in [6.07, 6.45) is 18.2. The molecule has 0 radical (unpaired) electrons. The van der Waals surface area contributed by atoms with Gasteiger partial charge < -0.3 is 0 Å². The topological polar surface area (TPSA) is 0 Å². The fourth-order valence-electron chi connectivity index (χ4n) is 2.68. The molecule has 3 rings (SSSR count). The molecule has 0 amide bonds. The Kier molecular flexibility index (Phi) is 1.20. The largest absolute Gasteiger partial charge is 0.0802 e. The first-order valence-electron chi connectivity index (χ1n) is 4.67. The van der Waals surface area contributed by atoms with E-state index in [1.165, 1.54) is 0 Å². The number of rotatable bonds is 0. The third-order valence-electron chi connectivity index (χ3n) is 3.33. The van der Waals surface area contributed by atoms with Crippen LogP contribution in [0.5, 0.6) is 0 Å². The molecule has 0 aromatic heterocycles. The molecule has 0 aromatic rings. The molecule has 0 unspecified atom stereocenters. The Bertz CT molecular complexity index is 232. The van der Waals surface area contributed by atoms with Crippen LogP contribution in [-0.4, -0.2) is 0 Å². The maximum atomic E-state index is 2.36. The van der Waals surface area contributed by atoms with Gasteiger partial charge in [-0.3, -0.25) is 0 Å². The molecular weight excluding hydrogens is 144 g/mol. The van der Waals surface area contributed by atoms with E-state index in [1.54, 1.807) is 0 Å². The predicted molar refractivity (Wildman–Crippen MR) is 50.5 cm³/mol. The highest BCUT2D eigenvalue weighted by Crippen LogP contribution is 2.51. The number of hydrogen-bond acceptors (Lipinski definition) is 0. The van der Waals surface area contributed by atoms with Gasteiger partial charge in [-0.1, -0.05) is 48.6 Å². The first kappa shape index (κ1) is 6.47. The van der Waals surface area contributed by atoms with Gasteiger partial charge in [-0.15, -0.1) is 0 Å². The number of hydrogen-bond donors (Lipinski definition) is 0. The second kappa shape index (κ2) is 2.22. The van der Waals surface area contributed by atoms with E-state index in [2.05, 4.69) is 48.6 Å². The highest BCUT2D eigenvalue weighted by atomic mass is 14.5. The van der Waals surface area contributed by atoms with Gasteiger partial charge in [0.2, 0.25) is 0 Å². The molecule has 0 nitrogen and oxygen atoms in total. The van der Waals surface area contributed by atoms with Crippen LogP contribution < -0.4 is 0 Å². The molecule has 12 heavy (non-hydrogen) atoms. The lowest BCUT2D eigenvalue weighted by Gasteiger charge is -2.49. The summed E-state index contributed by atoms with van der Waals surface area (Å²) in [7, 11) is 0. The standard InChI is InChI=1S/C12H12/c1-2-6-10-9(5-1)11-7-3-4-8-12(10)11/h1-12H. The normalized spacial score (nSPS) is 46.7. The van der Waals surface area contributed by atoms with Crippen LogP contribution in [0.3, 0.4) is 0 Å². The fraction of sp³-hybridized carbons (Fsp3) is 0.333. The summed E-state index contributed by atoms with van der Waals surface area (Å²) in [6.45, 7) is 0. The summed E-state index contributed by atoms with van der Waals surface area (Å²) < 4.78 is 0. The minimum atomic E-state index is 0.793. The van der Waals surface area contributed by atoms with E-state index >= 15 is 0 Å². The lowest BCUT2D eigenvalue weighted by molar-refractivity contribution is 0.120. The second-order valence-corrected chi connectivity index (χ2v) is 3.85. The summed E-state index contributed by atoms with van der Waals surface area (Å²) in [6, 6.07) is 0. The van der Waals surface area contributed by atoms with Crippen molar-refractivity contribution in [2.45, 2.75) is 0 Å². The van der Waals surface area contributed by atoms with E-state index in [-0.39, 0.29) is 0 Å². The Hall–Kier alpha value is -1.04. The van der Waals surface area contributed by atoms with Crippen LogP contribution >= 0.6 is 0 Å². The summed E-state index contributed by atoms with van der Waals surface area (Å²) >= 11 is 0. The molecule has 1 fully saturated rings. The van der Waals surface area contributed by atoms with Crippen LogP contribution in [0.25, 0.3) is 0 Å². The van der Waals surface area contributed by atoms with Gasteiger partial charge in [0.1, 0.15) is 0 Å². The highest BCUT2D eigenvalue weighted by Gasteiger charge is 2.45. The summed E-state index contributed by atoms with van der Waals surface area (Å²) in [4.78, 5) is 0. The molecule has 60 valence electrons. The molecule has 0 bridgehead atoms. The summed E-state index contributed by atoms with van der Waals surface area (Å²) in [5, 5.41) is 0.